The number of aliphatic imine (C=N–C) groups is 2. The molecule has 0 aromatic heterocycles. The zero-order valence-electron chi connectivity index (χ0n) is 12.5. The van der Waals surface area contributed by atoms with Crippen molar-refractivity contribution in [1.82, 2.24) is 10.2 Å². The Labute approximate surface area is 138 Å². The second-order valence-electron chi connectivity index (χ2n) is 4.63. The van der Waals surface area contributed by atoms with Crippen LogP contribution in [0, 0.1) is 0 Å². The van der Waals surface area contributed by atoms with Gasteiger partial charge in [0.25, 0.3) is 0 Å². The zero-order valence-corrected chi connectivity index (χ0v) is 13.2. The van der Waals surface area contributed by atoms with Crippen LogP contribution in [-0.2, 0) is 4.79 Å². The molecular weight excluding hydrogens is 320 g/mol. The summed E-state index contributed by atoms with van der Waals surface area (Å²) >= 11 is 5.99. The number of imide groups is 1. The van der Waals surface area contributed by atoms with E-state index >= 15 is 0 Å². The molecular formula is C15H15ClN4O3. The lowest BCUT2D eigenvalue weighted by atomic mass is 10.3. The summed E-state index contributed by atoms with van der Waals surface area (Å²) < 4.78 is 5.45. The Morgan fingerprint density at radius 2 is 2.17 bits per heavy atom. The van der Waals surface area contributed by atoms with E-state index in [1.165, 1.54) is 11.1 Å². The van der Waals surface area contributed by atoms with Gasteiger partial charge in [-0.25, -0.2) is 14.8 Å². The van der Waals surface area contributed by atoms with Gasteiger partial charge in [0.05, 0.1) is 11.2 Å². The van der Waals surface area contributed by atoms with Crippen LogP contribution in [0.1, 0.15) is 13.3 Å². The molecule has 0 aliphatic carbocycles. The third-order valence-corrected chi connectivity index (χ3v) is 3.33. The van der Waals surface area contributed by atoms with Crippen molar-refractivity contribution in [2.75, 3.05) is 6.54 Å². The first-order valence-corrected chi connectivity index (χ1v) is 7.14. The number of allylic oxidation sites excluding steroid dienone is 1. The third-order valence-electron chi connectivity index (χ3n) is 3.01. The van der Waals surface area contributed by atoms with Gasteiger partial charge >= 0.3 is 12.1 Å². The summed E-state index contributed by atoms with van der Waals surface area (Å²) in [4.78, 5) is 32.0. The summed E-state index contributed by atoms with van der Waals surface area (Å²) in [5.74, 6) is 0.103. The van der Waals surface area contributed by atoms with E-state index in [0.717, 1.165) is 0 Å². The zero-order chi connectivity index (χ0) is 16.8. The van der Waals surface area contributed by atoms with Gasteiger partial charge in [0.2, 0.25) is 5.91 Å². The molecule has 0 atom stereocenters. The van der Waals surface area contributed by atoms with Gasteiger partial charge in [-0.2, -0.15) is 0 Å². The first-order valence-electron chi connectivity index (χ1n) is 6.76. The smallest absolute Gasteiger partial charge is 0.328 e. The lowest BCUT2D eigenvalue weighted by Crippen LogP contribution is -2.48. The van der Waals surface area contributed by atoms with E-state index in [2.05, 4.69) is 22.0 Å². The number of hydrogen-bond donors (Lipinski definition) is 1. The number of nitrogens with one attached hydrogen (secondary N) is 1. The first-order chi connectivity index (χ1) is 11.0. The quantitative estimate of drug-likeness (QED) is 0.681. The number of carbonyl (C=O) groups excluding carboxylic acids is 2. The maximum atomic E-state index is 11.7. The van der Waals surface area contributed by atoms with Crippen LogP contribution in [0.2, 0.25) is 5.02 Å². The average Bonchev–Trinajstić information content (AvgIpc) is 2.52. The minimum absolute atomic E-state index is 0.00839. The predicted octanol–water partition coefficient (Wildman–Crippen LogP) is 2.58. The van der Waals surface area contributed by atoms with Gasteiger partial charge in [-0.3, -0.25) is 15.0 Å². The molecule has 8 heteroatoms. The maximum absolute atomic E-state index is 11.7. The number of ether oxygens (including phenoxy) is 1. The average molecular weight is 335 g/mol. The van der Waals surface area contributed by atoms with Crippen LogP contribution in [0.15, 0.2) is 46.1 Å². The molecule has 7 nitrogen and oxygen atoms in total. The number of rotatable bonds is 3. The van der Waals surface area contributed by atoms with Gasteiger partial charge in [0.1, 0.15) is 5.75 Å². The number of halogens is 1. The van der Waals surface area contributed by atoms with Crippen LogP contribution in [0.3, 0.4) is 0 Å². The first kappa shape index (κ1) is 16.7. The van der Waals surface area contributed by atoms with Crippen LogP contribution in [-0.4, -0.2) is 36.1 Å². The molecule has 0 bridgehead atoms. The van der Waals surface area contributed by atoms with Gasteiger partial charge in [-0.1, -0.05) is 23.7 Å². The molecule has 1 aliphatic rings. The third kappa shape index (κ3) is 4.40. The van der Waals surface area contributed by atoms with E-state index in [-0.39, 0.29) is 18.3 Å². The van der Waals surface area contributed by atoms with Crippen molar-refractivity contribution in [1.29, 1.82) is 0 Å². The van der Waals surface area contributed by atoms with Crippen LogP contribution >= 0.6 is 11.6 Å². The number of nitrogens with zero attached hydrogens (tertiary/aromatic N) is 3. The Bertz CT molecular complexity index is 700. The monoisotopic (exact) mass is 334 g/mol. The van der Waals surface area contributed by atoms with E-state index in [1.807, 2.05) is 0 Å². The Morgan fingerprint density at radius 1 is 1.43 bits per heavy atom. The molecule has 1 aromatic rings. The van der Waals surface area contributed by atoms with Crippen molar-refractivity contribution in [3.8, 4) is 5.75 Å². The molecule has 1 aromatic carbocycles. The fraction of sp³-hybridized carbons (Fsp3) is 0.200. The molecule has 1 saturated heterocycles. The number of amidine groups is 1. The second-order valence-corrected chi connectivity index (χ2v) is 5.03. The lowest BCUT2D eigenvalue weighted by molar-refractivity contribution is -0.121. The molecule has 1 aliphatic heterocycles. The molecule has 0 saturated carbocycles. The number of hydrogen-bond acceptors (Lipinski definition) is 4. The highest BCUT2D eigenvalue weighted by molar-refractivity contribution is 6.32. The van der Waals surface area contributed by atoms with E-state index < -0.39 is 6.03 Å². The van der Waals surface area contributed by atoms with E-state index in [1.54, 1.807) is 31.2 Å². The Balaban J connectivity index is 2.11. The van der Waals surface area contributed by atoms with Crippen LogP contribution in [0.4, 0.5) is 4.79 Å². The molecule has 0 spiro atoms. The molecule has 2 rings (SSSR count). The van der Waals surface area contributed by atoms with Crippen LogP contribution in [0.5, 0.6) is 5.75 Å². The highest BCUT2D eigenvalue weighted by Gasteiger charge is 2.23. The minimum Gasteiger partial charge on any atom is -0.423 e. The second kappa shape index (κ2) is 7.55. The Kier molecular flexibility index (Phi) is 5.48. The van der Waals surface area contributed by atoms with Crippen molar-refractivity contribution in [2.45, 2.75) is 13.3 Å². The number of amides is 3. The summed E-state index contributed by atoms with van der Waals surface area (Å²) in [6, 6.07) is 6.39. The fourth-order valence-corrected chi connectivity index (χ4v) is 2.02. The standard InChI is InChI=1S/C15H15ClN4O3/c1-10(20-8-7-13(21)19-15(20)22)9-18-14(17-2)23-12-6-4-3-5-11(12)16/h3-6,9H,2,7-8H2,1H3,(H,19,21,22)/b10-9+,18-14+. The van der Waals surface area contributed by atoms with Crippen molar-refractivity contribution in [2.24, 2.45) is 9.98 Å². The van der Waals surface area contributed by atoms with Crippen molar-refractivity contribution >= 4 is 36.3 Å². The fourth-order valence-electron chi connectivity index (χ4n) is 1.84. The number of urea groups is 1. The molecule has 0 unspecified atom stereocenters. The van der Waals surface area contributed by atoms with Gasteiger partial charge in [0.15, 0.2) is 0 Å². The van der Waals surface area contributed by atoms with Gasteiger partial charge in [0, 0.05) is 18.7 Å². The van der Waals surface area contributed by atoms with Gasteiger partial charge < -0.3 is 4.74 Å². The maximum Gasteiger partial charge on any atom is 0.328 e. The molecule has 1 fully saturated rings. The van der Waals surface area contributed by atoms with E-state index in [0.29, 0.717) is 23.0 Å². The number of carbonyl (C=O) groups is 2. The summed E-state index contributed by atoms with van der Waals surface area (Å²) in [5, 5.41) is 2.65. The van der Waals surface area contributed by atoms with Crippen molar-refractivity contribution in [3.63, 3.8) is 0 Å². The lowest BCUT2D eigenvalue weighted by Gasteiger charge is -2.26. The van der Waals surface area contributed by atoms with Gasteiger partial charge in [-0.15, -0.1) is 0 Å². The summed E-state index contributed by atoms with van der Waals surface area (Å²) in [6.45, 7) is 5.37. The van der Waals surface area contributed by atoms with Crippen molar-refractivity contribution in [3.05, 3.63) is 41.2 Å². The molecule has 23 heavy (non-hydrogen) atoms. The normalized spacial score (nSPS) is 16.2. The highest BCUT2D eigenvalue weighted by atomic mass is 35.5. The number of para-hydroxylation sites is 1. The largest absolute Gasteiger partial charge is 0.423 e. The van der Waals surface area contributed by atoms with E-state index in [4.69, 9.17) is 16.3 Å². The molecule has 1 heterocycles. The Morgan fingerprint density at radius 3 is 2.83 bits per heavy atom. The van der Waals surface area contributed by atoms with E-state index in [9.17, 15) is 9.59 Å². The molecule has 120 valence electrons. The highest BCUT2D eigenvalue weighted by Crippen LogP contribution is 2.23. The van der Waals surface area contributed by atoms with Crippen LogP contribution < -0.4 is 10.1 Å². The molecule has 1 N–H and O–H groups in total. The topological polar surface area (TPSA) is 83.4 Å². The number of benzene rings is 1. The molecule has 0 radical (unpaired) electrons. The summed E-state index contributed by atoms with van der Waals surface area (Å²) in [5.41, 5.74) is 0.541. The molecule has 3 amide bonds. The summed E-state index contributed by atoms with van der Waals surface area (Å²) in [7, 11) is 0. The minimum atomic E-state index is -0.481. The van der Waals surface area contributed by atoms with Crippen LogP contribution in [0.25, 0.3) is 0 Å². The predicted molar refractivity (Wildman–Crippen MR) is 87.7 cm³/mol. The van der Waals surface area contributed by atoms with Crippen molar-refractivity contribution < 1.29 is 14.3 Å². The SMILES string of the molecule is C=N/C(=N\C=C(/C)N1CCC(=O)NC1=O)Oc1ccccc1Cl. The Hall–Kier alpha value is -2.67. The van der Waals surface area contributed by atoms with Gasteiger partial charge in [-0.05, 0) is 25.8 Å². The summed E-state index contributed by atoms with van der Waals surface area (Å²) in [6.07, 6.45) is 1.65.